The predicted octanol–water partition coefficient (Wildman–Crippen LogP) is 2.55. The Hall–Kier alpha value is -2.31. The molecule has 0 atom stereocenters. The summed E-state index contributed by atoms with van der Waals surface area (Å²) < 4.78 is 0. The molecule has 0 fully saturated rings. The molecule has 0 radical (unpaired) electrons. The maximum atomic E-state index is 5.21. The van der Waals surface area contributed by atoms with E-state index in [4.69, 9.17) is 12.2 Å². The number of aromatic nitrogens is 2. The van der Waals surface area contributed by atoms with Gasteiger partial charge in [0.2, 0.25) is 0 Å². The summed E-state index contributed by atoms with van der Waals surface area (Å²) >= 11 is 5.21. The topological polar surface area (TPSA) is 53.1 Å². The Morgan fingerprint density at radius 2 is 1.57 bits per heavy atom. The van der Waals surface area contributed by atoms with Crippen LogP contribution in [0.15, 0.2) is 42.5 Å². The first kappa shape index (κ1) is 13.7. The molecule has 0 aliphatic heterocycles. The lowest BCUT2D eigenvalue weighted by molar-refractivity contribution is 0.365. The predicted molar refractivity (Wildman–Crippen MR) is 90.1 cm³/mol. The summed E-state index contributed by atoms with van der Waals surface area (Å²) in [5.41, 5.74) is 7.36. The third-order valence-corrected chi connectivity index (χ3v) is 3.12. The van der Waals surface area contributed by atoms with E-state index in [0.29, 0.717) is 5.11 Å². The zero-order chi connectivity index (χ0) is 14.8. The molecule has 2 aromatic carbocycles. The highest BCUT2D eigenvalue weighted by Crippen LogP contribution is 2.19. The van der Waals surface area contributed by atoms with Gasteiger partial charge in [0.25, 0.3) is 0 Å². The number of benzene rings is 2. The van der Waals surface area contributed by atoms with Crippen molar-refractivity contribution in [1.29, 1.82) is 0 Å². The second kappa shape index (κ2) is 5.59. The average Bonchev–Trinajstić information content (AvgIpc) is 2.44. The van der Waals surface area contributed by atoms with E-state index in [-0.39, 0.29) is 0 Å². The zero-order valence-corrected chi connectivity index (χ0v) is 12.6. The van der Waals surface area contributed by atoms with Crippen molar-refractivity contribution in [2.75, 3.05) is 19.4 Å². The Kier molecular flexibility index (Phi) is 3.64. The highest BCUT2D eigenvalue weighted by molar-refractivity contribution is 7.80. The second-order valence-electron chi connectivity index (χ2n) is 4.88. The van der Waals surface area contributed by atoms with Gasteiger partial charge in [-0.1, -0.05) is 12.1 Å². The Morgan fingerprint density at radius 1 is 0.952 bits per heavy atom. The number of nitrogens with one attached hydrogen (secondary N) is 2. The van der Waals surface area contributed by atoms with E-state index in [0.717, 1.165) is 27.8 Å². The molecule has 5 nitrogen and oxygen atoms in total. The molecule has 21 heavy (non-hydrogen) atoms. The van der Waals surface area contributed by atoms with Crippen LogP contribution >= 0.6 is 12.2 Å². The van der Waals surface area contributed by atoms with Crippen molar-refractivity contribution in [2.24, 2.45) is 0 Å². The lowest BCUT2D eigenvalue weighted by Gasteiger charge is -2.15. The molecule has 0 aliphatic rings. The van der Waals surface area contributed by atoms with E-state index in [2.05, 4.69) is 20.7 Å². The molecule has 106 valence electrons. The molecule has 0 saturated heterocycles. The normalized spacial score (nSPS) is 11.0. The molecular formula is C15H15N5S. The fourth-order valence-electron chi connectivity index (χ4n) is 2.06. The Labute approximate surface area is 128 Å². The van der Waals surface area contributed by atoms with Gasteiger partial charge in [0.05, 0.1) is 22.1 Å². The van der Waals surface area contributed by atoms with E-state index in [1.165, 1.54) is 0 Å². The van der Waals surface area contributed by atoms with Crippen LogP contribution in [0.2, 0.25) is 0 Å². The van der Waals surface area contributed by atoms with E-state index in [9.17, 15) is 0 Å². The lowest BCUT2D eigenvalue weighted by Crippen LogP contribution is -2.38. The van der Waals surface area contributed by atoms with Crippen LogP contribution < -0.4 is 10.7 Å². The molecule has 2 N–H and O–H groups in total. The average molecular weight is 297 g/mol. The molecule has 0 saturated carbocycles. The number of rotatable bonds is 2. The summed E-state index contributed by atoms with van der Waals surface area (Å²) in [5, 5.41) is 5.44. The van der Waals surface area contributed by atoms with Crippen LogP contribution in [0, 0.1) is 0 Å². The fraction of sp³-hybridized carbons (Fsp3) is 0.133. The van der Waals surface area contributed by atoms with E-state index in [1.54, 1.807) is 5.01 Å². The summed E-state index contributed by atoms with van der Waals surface area (Å²) in [5.74, 6) is 0. The minimum atomic E-state index is 0.535. The second-order valence-corrected chi connectivity index (χ2v) is 5.28. The largest absolute Gasteiger partial charge is 0.332 e. The number of hydrogen-bond donors (Lipinski definition) is 2. The van der Waals surface area contributed by atoms with Gasteiger partial charge in [0.1, 0.15) is 0 Å². The maximum Gasteiger partial charge on any atom is 0.185 e. The van der Waals surface area contributed by atoms with Gasteiger partial charge in [-0.15, -0.1) is 0 Å². The third-order valence-electron chi connectivity index (χ3n) is 2.92. The lowest BCUT2D eigenvalue weighted by atomic mass is 10.2. The van der Waals surface area contributed by atoms with Gasteiger partial charge < -0.3 is 5.32 Å². The van der Waals surface area contributed by atoms with Crippen LogP contribution in [-0.4, -0.2) is 34.2 Å². The van der Waals surface area contributed by atoms with Gasteiger partial charge >= 0.3 is 0 Å². The summed E-state index contributed by atoms with van der Waals surface area (Å²) in [7, 11) is 3.76. The van der Waals surface area contributed by atoms with Crippen molar-refractivity contribution in [3.05, 3.63) is 42.5 Å². The van der Waals surface area contributed by atoms with Gasteiger partial charge in [-0.3, -0.25) is 5.43 Å². The first-order valence-corrected chi connectivity index (χ1v) is 6.94. The standard InChI is InChI=1S/C15H15N5S/c1-20(2)19-15(21)16-10-7-8-13-14(9-10)18-12-6-4-3-5-11(12)17-13/h3-9H,1-2H3,(H2,16,19,21). The van der Waals surface area contributed by atoms with Crippen molar-refractivity contribution in [2.45, 2.75) is 0 Å². The number of fused-ring (bicyclic) bond motifs is 2. The number of anilines is 1. The van der Waals surface area contributed by atoms with Crippen LogP contribution in [0.4, 0.5) is 5.69 Å². The van der Waals surface area contributed by atoms with Crippen molar-refractivity contribution in [1.82, 2.24) is 20.4 Å². The Morgan fingerprint density at radius 3 is 2.24 bits per heavy atom. The van der Waals surface area contributed by atoms with Crippen molar-refractivity contribution >= 4 is 45.1 Å². The molecule has 0 amide bonds. The summed E-state index contributed by atoms with van der Waals surface area (Å²) in [4.78, 5) is 9.23. The monoisotopic (exact) mass is 297 g/mol. The molecule has 1 aromatic heterocycles. The van der Waals surface area contributed by atoms with Gasteiger partial charge in [-0.25, -0.2) is 15.0 Å². The molecule has 6 heteroatoms. The van der Waals surface area contributed by atoms with Gasteiger partial charge in [0, 0.05) is 19.8 Å². The van der Waals surface area contributed by atoms with Crippen molar-refractivity contribution < 1.29 is 0 Å². The number of nitrogens with zero attached hydrogens (tertiary/aromatic N) is 3. The van der Waals surface area contributed by atoms with Gasteiger partial charge in [-0.2, -0.15) is 0 Å². The smallest absolute Gasteiger partial charge is 0.185 e. The Balaban J connectivity index is 1.95. The number of hydrazine groups is 1. The quantitative estimate of drug-likeness (QED) is 0.431. The summed E-state index contributed by atoms with van der Waals surface area (Å²) in [6.45, 7) is 0. The van der Waals surface area contributed by atoms with Crippen molar-refractivity contribution in [3.8, 4) is 0 Å². The number of hydrogen-bond acceptors (Lipinski definition) is 4. The molecule has 0 spiro atoms. The summed E-state index contributed by atoms with van der Waals surface area (Å²) in [6.07, 6.45) is 0. The molecular weight excluding hydrogens is 282 g/mol. The summed E-state index contributed by atoms with van der Waals surface area (Å²) in [6, 6.07) is 13.7. The third kappa shape index (κ3) is 3.07. The zero-order valence-electron chi connectivity index (χ0n) is 11.8. The molecule has 3 aromatic rings. The van der Waals surface area contributed by atoms with Crippen LogP contribution in [-0.2, 0) is 0 Å². The Bertz CT molecular complexity index is 815. The van der Waals surface area contributed by atoms with Crippen LogP contribution in [0.25, 0.3) is 22.1 Å². The minimum Gasteiger partial charge on any atom is -0.332 e. The molecule has 0 aliphatic carbocycles. The van der Waals surface area contributed by atoms with E-state index in [1.807, 2.05) is 56.6 Å². The highest BCUT2D eigenvalue weighted by Gasteiger charge is 2.04. The molecule has 1 heterocycles. The van der Waals surface area contributed by atoms with E-state index >= 15 is 0 Å². The van der Waals surface area contributed by atoms with Gasteiger partial charge in [0.15, 0.2) is 5.11 Å². The fourth-order valence-corrected chi connectivity index (χ4v) is 2.36. The number of para-hydroxylation sites is 2. The molecule has 0 unspecified atom stereocenters. The first-order chi connectivity index (χ1) is 10.1. The van der Waals surface area contributed by atoms with Crippen molar-refractivity contribution in [3.63, 3.8) is 0 Å². The van der Waals surface area contributed by atoms with E-state index < -0.39 is 0 Å². The number of thiocarbonyl (C=S) groups is 1. The highest BCUT2D eigenvalue weighted by atomic mass is 32.1. The molecule has 3 rings (SSSR count). The van der Waals surface area contributed by atoms with Crippen LogP contribution in [0.5, 0.6) is 0 Å². The van der Waals surface area contributed by atoms with Crippen LogP contribution in [0.3, 0.4) is 0 Å². The maximum absolute atomic E-state index is 5.21. The van der Waals surface area contributed by atoms with Crippen LogP contribution in [0.1, 0.15) is 0 Å². The molecule has 0 bridgehead atoms. The first-order valence-electron chi connectivity index (χ1n) is 6.53. The van der Waals surface area contributed by atoms with Gasteiger partial charge in [-0.05, 0) is 42.5 Å². The SMILES string of the molecule is CN(C)NC(=S)Nc1ccc2nc3ccccc3nc2c1. The minimum absolute atomic E-state index is 0.535.